The van der Waals surface area contributed by atoms with E-state index in [1.807, 2.05) is 19.9 Å². The maximum atomic E-state index is 5.21. The predicted molar refractivity (Wildman–Crippen MR) is 55.8 cm³/mol. The van der Waals surface area contributed by atoms with Crippen molar-refractivity contribution in [2.75, 3.05) is 6.61 Å². The smallest absolute Gasteiger partial charge is 0.232 e. The van der Waals surface area contributed by atoms with Gasteiger partial charge in [-0.2, -0.15) is 0 Å². The van der Waals surface area contributed by atoms with Crippen molar-refractivity contribution in [3.05, 3.63) is 24.2 Å². The molecular weight excluding hydrogens is 184 g/mol. The van der Waals surface area contributed by atoms with Gasteiger partial charge in [-0.15, -0.1) is 12.6 Å². The summed E-state index contributed by atoms with van der Waals surface area (Å²) in [6.45, 7) is 4.40. The average molecular weight is 196 g/mol. The van der Waals surface area contributed by atoms with Crippen LogP contribution in [-0.2, 0) is 0 Å². The summed E-state index contributed by atoms with van der Waals surface area (Å²) in [6, 6.07) is 0. The van der Waals surface area contributed by atoms with Crippen LogP contribution >= 0.6 is 12.6 Å². The second kappa shape index (κ2) is 4.87. The average Bonchev–Trinajstić information content (AvgIpc) is 2.18. The van der Waals surface area contributed by atoms with E-state index in [9.17, 15) is 0 Å². The monoisotopic (exact) mass is 196 g/mol. The molecular formula is C9H12N2OS. The molecule has 1 aromatic heterocycles. The molecule has 0 saturated carbocycles. The van der Waals surface area contributed by atoms with Crippen LogP contribution in [0.25, 0.3) is 4.91 Å². The number of allylic oxidation sites excluding steroid dienone is 1. The van der Waals surface area contributed by atoms with E-state index in [0.29, 0.717) is 12.5 Å². The van der Waals surface area contributed by atoms with Crippen molar-refractivity contribution in [3.63, 3.8) is 0 Å². The third kappa shape index (κ3) is 2.73. The predicted octanol–water partition coefficient (Wildman–Crippen LogP) is 2.17. The van der Waals surface area contributed by atoms with E-state index in [-0.39, 0.29) is 0 Å². The van der Waals surface area contributed by atoms with E-state index in [0.717, 1.165) is 10.6 Å². The van der Waals surface area contributed by atoms with E-state index in [2.05, 4.69) is 22.6 Å². The van der Waals surface area contributed by atoms with Crippen LogP contribution in [0.15, 0.2) is 18.5 Å². The number of ether oxygens (including phenoxy) is 1. The second-order valence-electron chi connectivity index (χ2n) is 2.35. The molecule has 1 rings (SSSR count). The molecule has 4 heteroatoms. The van der Waals surface area contributed by atoms with Crippen LogP contribution in [0.3, 0.4) is 0 Å². The summed E-state index contributed by atoms with van der Waals surface area (Å²) in [6.07, 6.45) is 5.11. The Hall–Kier alpha value is -1.03. The quantitative estimate of drug-likeness (QED) is 0.752. The molecule has 0 aliphatic carbocycles. The molecule has 3 nitrogen and oxygen atoms in total. The zero-order valence-electron chi connectivity index (χ0n) is 7.69. The Balaban J connectivity index is 2.91. The third-order valence-electron chi connectivity index (χ3n) is 1.44. The molecule has 0 aliphatic heterocycles. The lowest BCUT2D eigenvalue weighted by Crippen LogP contribution is -1.97. The molecule has 13 heavy (non-hydrogen) atoms. The fraction of sp³-hybridized carbons (Fsp3) is 0.333. The molecule has 0 N–H and O–H groups in total. The van der Waals surface area contributed by atoms with Crippen molar-refractivity contribution in [1.29, 1.82) is 0 Å². The van der Waals surface area contributed by atoms with Gasteiger partial charge in [0.25, 0.3) is 0 Å². The van der Waals surface area contributed by atoms with Crippen molar-refractivity contribution >= 4 is 17.5 Å². The highest BCUT2D eigenvalue weighted by molar-refractivity contribution is 7.90. The first-order chi connectivity index (χ1) is 6.27. The van der Waals surface area contributed by atoms with Crippen molar-refractivity contribution in [1.82, 2.24) is 9.97 Å². The highest BCUT2D eigenvalue weighted by Gasteiger charge is 2.00. The number of thiol groups is 1. The topological polar surface area (TPSA) is 35.0 Å². The van der Waals surface area contributed by atoms with Gasteiger partial charge in [0.15, 0.2) is 0 Å². The lowest BCUT2D eigenvalue weighted by atomic mass is 10.4. The summed E-state index contributed by atoms with van der Waals surface area (Å²) in [5, 5.41) is 0. The van der Waals surface area contributed by atoms with Crippen LogP contribution in [-0.4, -0.2) is 16.6 Å². The minimum Gasteiger partial charge on any atom is -0.477 e. The fourth-order valence-electron chi connectivity index (χ4n) is 0.837. The molecule has 0 unspecified atom stereocenters. The molecule has 0 radical (unpaired) electrons. The molecule has 70 valence electrons. The lowest BCUT2D eigenvalue weighted by molar-refractivity contribution is 0.325. The third-order valence-corrected chi connectivity index (χ3v) is 1.93. The summed E-state index contributed by atoms with van der Waals surface area (Å²) in [7, 11) is 0. The van der Waals surface area contributed by atoms with Gasteiger partial charge in [-0.3, -0.25) is 4.98 Å². The first kappa shape index (κ1) is 10.1. The zero-order valence-corrected chi connectivity index (χ0v) is 8.58. The molecule has 0 amide bonds. The van der Waals surface area contributed by atoms with Crippen LogP contribution in [0.5, 0.6) is 5.88 Å². The van der Waals surface area contributed by atoms with Gasteiger partial charge in [0.1, 0.15) is 0 Å². The van der Waals surface area contributed by atoms with Crippen LogP contribution in [0.2, 0.25) is 0 Å². The molecule has 0 aromatic carbocycles. The van der Waals surface area contributed by atoms with Crippen LogP contribution < -0.4 is 4.74 Å². The van der Waals surface area contributed by atoms with Gasteiger partial charge in [-0.1, -0.05) is 6.08 Å². The van der Waals surface area contributed by atoms with E-state index >= 15 is 0 Å². The number of nitrogens with zero attached hydrogens (tertiary/aromatic N) is 2. The van der Waals surface area contributed by atoms with Crippen molar-refractivity contribution in [2.24, 2.45) is 0 Å². The van der Waals surface area contributed by atoms with Crippen LogP contribution in [0.1, 0.15) is 19.5 Å². The number of aromatic nitrogens is 2. The summed E-state index contributed by atoms with van der Waals surface area (Å²) in [5.74, 6) is 0.536. The fourth-order valence-corrected chi connectivity index (χ4v) is 0.945. The maximum absolute atomic E-state index is 5.21. The van der Waals surface area contributed by atoms with Gasteiger partial charge in [0.2, 0.25) is 5.88 Å². The zero-order chi connectivity index (χ0) is 9.68. The lowest BCUT2D eigenvalue weighted by Gasteiger charge is -2.03. The minimum atomic E-state index is 0.536. The largest absolute Gasteiger partial charge is 0.477 e. The molecule has 0 spiro atoms. The normalized spacial score (nSPS) is 11.5. The minimum absolute atomic E-state index is 0.536. The molecule has 0 atom stereocenters. The molecule has 0 bridgehead atoms. The Morgan fingerprint density at radius 3 is 3.00 bits per heavy atom. The van der Waals surface area contributed by atoms with E-state index in [1.54, 1.807) is 12.4 Å². The summed E-state index contributed by atoms with van der Waals surface area (Å²) < 4.78 is 5.21. The second-order valence-corrected chi connectivity index (χ2v) is 2.83. The van der Waals surface area contributed by atoms with Crippen LogP contribution in [0.4, 0.5) is 0 Å². The Kier molecular flexibility index (Phi) is 3.76. The highest BCUT2D eigenvalue weighted by Crippen LogP contribution is 2.16. The number of rotatable bonds is 3. The van der Waals surface area contributed by atoms with E-state index in [1.165, 1.54) is 0 Å². The number of hydrogen-bond acceptors (Lipinski definition) is 4. The highest BCUT2D eigenvalue weighted by atomic mass is 32.1. The molecule has 0 saturated heterocycles. The first-order valence-electron chi connectivity index (χ1n) is 4.08. The number of hydrogen-bond donors (Lipinski definition) is 1. The molecule has 1 aromatic rings. The molecule has 0 aliphatic rings. The van der Waals surface area contributed by atoms with E-state index in [4.69, 9.17) is 4.74 Å². The van der Waals surface area contributed by atoms with Crippen molar-refractivity contribution in [2.45, 2.75) is 13.8 Å². The van der Waals surface area contributed by atoms with Gasteiger partial charge < -0.3 is 4.74 Å². The SMILES string of the molecule is C/C=C(\S)c1cncc(OCC)n1. The Labute approximate surface area is 83.3 Å². The van der Waals surface area contributed by atoms with E-state index < -0.39 is 0 Å². The molecule has 1 heterocycles. The summed E-state index contributed by atoms with van der Waals surface area (Å²) in [4.78, 5) is 9.00. The van der Waals surface area contributed by atoms with Crippen LogP contribution in [0, 0.1) is 0 Å². The summed E-state index contributed by atoms with van der Waals surface area (Å²) >= 11 is 4.24. The van der Waals surface area contributed by atoms with Gasteiger partial charge in [-0.05, 0) is 13.8 Å². The van der Waals surface area contributed by atoms with Crippen molar-refractivity contribution < 1.29 is 4.74 Å². The summed E-state index contributed by atoms with van der Waals surface area (Å²) in [5.41, 5.74) is 0.733. The molecule has 0 fully saturated rings. The Morgan fingerprint density at radius 1 is 1.62 bits per heavy atom. The maximum Gasteiger partial charge on any atom is 0.232 e. The Morgan fingerprint density at radius 2 is 2.38 bits per heavy atom. The first-order valence-corrected chi connectivity index (χ1v) is 4.53. The Bertz CT molecular complexity index is 312. The van der Waals surface area contributed by atoms with Gasteiger partial charge >= 0.3 is 0 Å². The standard InChI is InChI=1S/C9H12N2OS/c1-3-8(13)7-5-10-6-9(11-7)12-4-2/h3,5-6,13H,4H2,1-2H3/b8-3-. The van der Waals surface area contributed by atoms with Gasteiger partial charge in [-0.25, -0.2) is 4.98 Å². The van der Waals surface area contributed by atoms with Gasteiger partial charge in [0, 0.05) is 4.91 Å². The van der Waals surface area contributed by atoms with Crippen molar-refractivity contribution in [3.8, 4) is 5.88 Å². The van der Waals surface area contributed by atoms with Gasteiger partial charge in [0.05, 0.1) is 24.7 Å².